The van der Waals surface area contributed by atoms with Crippen LogP contribution < -0.4 is 0 Å². The Balaban J connectivity index is 5.16. The summed E-state index contributed by atoms with van der Waals surface area (Å²) in [6.07, 6.45) is 43.5. The van der Waals surface area contributed by atoms with E-state index >= 15 is 0 Å². The minimum Gasteiger partial charge on any atom is -0.462 e. The third-order valence-electron chi connectivity index (χ3n) is 16.3. The molecule has 0 fully saturated rings. The zero-order chi connectivity index (χ0) is 66.8. The van der Waals surface area contributed by atoms with E-state index in [4.69, 9.17) is 37.0 Å². The molecule has 0 aromatic carbocycles. The van der Waals surface area contributed by atoms with E-state index in [0.717, 1.165) is 108 Å². The van der Waals surface area contributed by atoms with Crippen molar-refractivity contribution in [3.05, 3.63) is 0 Å². The highest BCUT2D eigenvalue weighted by molar-refractivity contribution is 7.47. The van der Waals surface area contributed by atoms with Crippen LogP contribution in [0.25, 0.3) is 0 Å². The third kappa shape index (κ3) is 64.8. The number of unbranched alkanes of at least 4 members (excludes halogenated alkanes) is 34. The van der Waals surface area contributed by atoms with E-state index in [2.05, 4.69) is 55.4 Å². The van der Waals surface area contributed by atoms with Crippen LogP contribution in [0.4, 0.5) is 0 Å². The molecule has 5 atom stereocenters. The van der Waals surface area contributed by atoms with Gasteiger partial charge in [0, 0.05) is 25.7 Å². The molecule has 90 heavy (non-hydrogen) atoms. The third-order valence-corrected chi connectivity index (χ3v) is 18.2. The highest BCUT2D eigenvalue weighted by Crippen LogP contribution is 2.45. The van der Waals surface area contributed by atoms with E-state index in [1.165, 1.54) is 148 Å². The van der Waals surface area contributed by atoms with Crippen LogP contribution in [0.3, 0.4) is 0 Å². The van der Waals surface area contributed by atoms with Gasteiger partial charge in [0.25, 0.3) is 0 Å². The fourth-order valence-electron chi connectivity index (χ4n) is 10.7. The average Bonchev–Trinajstić information content (AvgIpc) is 3.62. The number of esters is 4. The van der Waals surface area contributed by atoms with E-state index in [9.17, 15) is 43.2 Å². The summed E-state index contributed by atoms with van der Waals surface area (Å²) in [5, 5.41) is 10.6. The van der Waals surface area contributed by atoms with E-state index in [1.54, 1.807) is 0 Å². The molecule has 0 aromatic rings. The Bertz CT molecular complexity index is 1780. The van der Waals surface area contributed by atoms with Crippen molar-refractivity contribution in [2.45, 2.75) is 369 Å². The molecule has 0 aromatic heterocycles. The monoisotopic (exact) mass is 1320 g/mol. The number of aliphatic hydroxyl groups excluding tert-OH is 1. The number of ether oxygens (including phenoxy) is 4. The Hall–Kier alpha value is -1.94. The fraction of sp³-hybridized carbons (Fsp3) is 0.944. The van der Waals surface area contributed by atoms with E-state index in [0.29, 0.717) is 37.5 Å². The lowest BCUT2D eigenvalue weighted by atomic mass is 10.0. The van der Waals surface area contributed by atoms with Gasteiger partial charge in [-0.1, -0.05) is 299 Å². The molecule has 0 amide bonds. The molecule has 0 aliphatic rings. The van der Waals surface area contributed by atoms with Crippen molar-refractivity contribution in [3.8, 4) is 0 Å². The Labute approximate surface area is 549 Å². The molecule has 0 rings (SSSR count). The van der Waals surface area contributed by atoms with Crippen LogP contribution >= 0.6 is 15.6 Å². The first-order valence-corrected chi connectivity index (χ1v) is 39.7. The number of phosphoric acid groups is 2. The van der Waals surface area contributed by atoms with Gasteiger partial charge in [0.15, 0.2) is 12.2 Å². The molecule has 3 N–H and O–H groups in total. The number of hydrogen-bond acceptors (Lipinski definition) is 15. The van der Waals surface area contributed by atoms with Gasteiger partial charge in [-0.25, -0.2) is 9.13 Å². The van der Waals surface area contributed by atoms with Crippen molar-refractivity contribution in [1.29, 1.82) is 0 Å². The maximum Gasteiger partial charge on any atom is 0.472 e. The molecule has 0 aliphatic carbocycles. The van der Waals surface area contributed by atoms with Crippen molar-refractivity contribution in [2.75, 3.05) is 39.6 Å². The Kier molecular flexibility index (Phi) is 59.4. The second kappa shape index (κ2) is 60.7. The summed E-state index contributed by atoms with van der Waals surface area (Å²) in [6.45, 7) is 14.0. The van der Waals surface area contributed by atoms with Gasteiger partial charge < -0.3 is 33.8 Å². The van der Waals surface area contributed by atoms with Gasteiger partial charge in [0.2, 0.25) is 0 Å². The number of phosphoric ester groups is 2. The summed E-state index contributed by atoms with van der Waals surface area (Å²) in [7, 11) is -9.90. The minimum absolute atomic E-state index is 0.102. The molecule has 534 valence electrons. The summed E-state index contributed by atoms with van der Waals surface area (Å²) in [5.41, 5.74) is 0. The predicted molar refractivity (Wildman–Crippen MR) is 363 cm³/mol. The van der Waals surface area contributed by atoms with E-state index in [1.807, 2.05) is 0 Å². The summed E-state index contributed by atoms with van der Waals surface area (Å²) < 4.78 is 68.2. The molecule has 2 unspecified atom stereocenters. The number of rotatable bonds is 68. The lowest BCUT2D eigenvalue weighted by Gasteiger charge is -2.21. The second-order valence-corrected chi connectivity index (χ2v) is 30.4. The van der Waals surface area contributed by atoms with Crippen LogP contribution in [-0.4, -0.2) is 96.7 Å². The van der Waals surface area contributed by atoms with Crippen molar-refractivity contribution in [3.63, 3.8) is 0 Å². The van der Waals surface area contributed by atoms with Crippen LogP contribution in [0.2, 0.25) is 0 Å². The summed E-state index contributed by atoms with van der Waals surface area (Å²) >= 11 is 0. The molecule has 19 heteroatoms. The van der Waals surface area contributed by atoms with Gasteiger partial charge in [-0.2, -0.15) is 0 Å². The lowest BCUT2D eigenvalue weighted by Crippen LogP contribution is -2.30. The standard InChI is InChI=1S/C71H138O17P2/c1-61(2)47-39-31-23-19-15-12-10-9-11-13-17-21-25-35-43-51-68(73)81-57-67(88-71(76)54-46-38-30-28-34-42-50-64(7)8)60-86-90(79,80)84-56-65(72)55-83-89(77,78)85-59-66(58-82-69(74)52-44-36-29-27-33-41-49-63(5)6)87-70(75)53-45-37-26-22-18-14-16-20-24-32-40-48-62(3)4/h61-67,72H,9-60H2,1-8H3,(H,77,78)(H,79,80)/t65-,66+,67+/m0/s1. The zero-order valence-corrected chi connectivity index (χ0v) is 60.6. The largest absolute Gasteiger partial charge is 0.472 e. The maximum absolute atomic E-state index is 13.0. The minimum atomic E-state index is -4.95. The Morgan fingerprint density at radius 2 is 0.467 bits per heavy atom. The average molecular weight is 1330 g/mol. The molecular weight excluding hydrogens is 1190 g/mol. The predicted octanol–water partition coefficient (Wildman–Crippen LogP) is 20.1. The highest BCUT2D eigenvalue weighted by Gasteiger charge is 2.30. The molecule has 0 saturated heterocycles. The van der Waals surface area contributed by atoms with Crippen LogP contribution in [-0.2, 0) is 65.4 Å². The van der Waals surface area contributed by atoms with Gasteiger partial charge in [0.05, 0.1) is 26.4 Å². The van der Waals surface area contributed by atoms with Gasteiger partial charge in [-0.05, 0) is 49.4 Å². The topological polar surface area (TPSA) is 237 Å². The molecule has 0 bridgehead atoms. The number of carbonyl (C=O) groups excluding carboxylic acids is 4. The number of carbonyl (C=O) groups is 4. The molecule has 0 saturated carbocycles. The Morgan fingerprint density at radius 1 is 0.278 bits per heavy atom. The second-order valence-electron chi connectivity index (χ2n) is 27.5. The molecule has 0 aliphatic heterocycles. The first kappa shape index (κ1) is 88.1. The van der Waals surface area contributed by atoms with Gasteiger partial charge in [0.1, 0.15) is 19.3 Å². The highest BCUT2D eigenvalue weighted by atomic mass is 31.2. The van der Waals surface area contributed by atoms with Gasteiger partial charge in [-0.3, -0.25) is 37.3 Å². The molecule has 17 nitrogen and oxygen atoms in total. The van der Waals surface area contributed by atoms with Crippen LogP contribution in [0, 0.1) is 23.7 Å². The van der Waals surface area contributed by atoms with Crippen LogP contribution in [0.1, 0.15) is 351 Å². The van der Waals surface area contributed by atoms with Crippen molar-refractivity contribution in [2.24, 2.45) is 23.7 Å². The first-order chi connectivity index (χ1) is 43.1. The number of aliphatic hydroxyl groups is 1. The number of hydrogen-bond donors (Lipinski definition) is 3. The van der Waals surface area contributed by atoms with E-state index in [-0.39, 0.29) is 25.7 Å². The summed E-state index contributed by atoms with van der Waals surface area (Å²) in [5.74, 6) is 0.786. The maximum atomic E-state index is 13.0. The van der Waals surface area contributed by atoms with Crippen LogP contribution in [0.15, 0.2) is 0 Å². The first-order valence-electron chi connectivity index (χ1n) is 36.7. The summed E-state index contributed by atoms with van der Waals surface area (Å²) in [4.78, 5) is 72.5. The quantitative estimate of drug-likeness (QED) is 0.0222. The van der Waals surface area contributed by atoms with Gasteiger partial charge >= 0.3 is 39.5 Å². The van der Waals surface area contributed by atoms with Crippen molar-refractivity contribution in [1.82, 2.24) is 0 Å². The smallest absolute Gasteiger partial charge is 0.462 e. The van der Waals surface area contributed by atoms with Crippen LogP contribution in [0.5, 0.6) is 0 Å². The Morgan fingerprint density at radius 3 is 0.689 bits per heavy atom. The lowest BCUT2D eigenvalue weighted by molar-refractivity contribution is -0.161. The van der Waals surface area contributed by atoms with E-state index < -0.39 is 97.5 Å². The van der Waals surface area contributed by atoms with Crippen molar-refractivity contribution >= 4 is 39.5 Å². The molecular formula is C71H138O17P2. The fourth-order valence-corrected chi connectivity index (χ4v) is 12.2. The van der Waals surface area contributed by atoms with Crippen molar-refractivity contribution < 1.29 is 80.2 Å². The zero-order valence-electron chi connectivity index (χ0n) is 58.8. The normalized spacial score (nSPS) is 14.3. The molecule has 0 spiro atoms. The molecule has 0 radical (unpaired) electrons. The van der Waals surface area contributed by atoms with Gasteiger partial charge in [-0.15, -0.1) is 0 Å². The summed E-state index contributed by atoms with van der Waals surface area (Å²) in [6, 6.07) is 0. The molecule has 0 heterocycles. The SMILES string of the molecule is CC(C)CCCCCCCCCCCCCCCCCC(=O)OC[C@H](COP(=O)(O)OC[C@@H](O)COP(=O)(O)OC[C@@H](COC(=O)CCCCCCCCC(C)C)OC(=O)CCCCCCCCCCCCCC(C)C)OC(=O)CCCCCCCCC(C)C.